The van der Waals surface area contributed by atoms with Crippen molar-refractivity contribution in [1.82, 2.24) is 15.0 Å². The van der Waals surface area contributed by atoms with Crippen LogP contribution in [0, 0.1) is 0 Å². The molecule has 1 heterocycles. The average Bonchev–Trinajstić information content (AvgIpc) is 3.32. The van der Waals surface area contributed by atoms with E-state index in [9.17, 15) is 0 Å². The van der Waals surface area contributed by atoms with E-state index in [0.29, 0.717) is 35.8 Å². The van der Waals surface area contributed by atoms with Gasteiger partial charge in [0.1, 0.15) is 11.5 Å². The molecule has 0 bridgehead atoms. The summed E-state index contributed by atoms with van der Waals surface area (Å²) in [6.07, 6.45) is 6.65. The largest absolute Gasteiger partial charge is 0.497 e. The molecule has 170 valence electrons. The van der Waals surface area contributed by atoms with Crippen LogP contribution in [-0.4, -0.2) is 42.3 Å². The predicted octanol–water partition coefficient (Wildman–Crippen LogP) is 5.13. The fraction of sp³-hybridized carbons (Fsp3) is 0.440. The third kappa shape index (κ3) is 5.22. The zero-order valence-electron chi connectivity index (χ0n) is 19.1. The van der Waals surface area contributed by atoms with E-state index in [0.717, 1.165) is 17.8 Å². The Labute approximate surface area is 189 Å². The minimum atomic E-state index is 0.454. The number of benzene rings is 2. The number of rotatable bonds is 9. The van der Waals surface area contributed by atoms with Crippen LogP contribution in [0.5, 0.6) is 11.5 Å². The van der Waals surface area contributed by atoms with Crippen LogP contribution in [0.25, 0.3) is 11.4 Å². The highest BCUT2D eigenvalue weighted by atomic mass is 16.5. The lowest BCUT2D eigenvalue weighted by molar-refractivity contribution is 0.185. The minimum absolute atomic E-state index is 0.454. The quantitative estimate of drug-likeness (QED) is 0.498. The summed E-state index contributed by atoms with van der Waals surface area (Å²) in [5, 5.41) is 7.61. The van der Waals surface area contributed by atoms with Crippen LogP contribution >= 0.6 is 0 Å². The lowest BCUT2D eigenvalue weighted by Crippen LogP contribution is -2.33. The maximum absolute atomic E-state index is 5.49. The molecular formula is C25H32N4O3. The molecule has 4 rings (SSSR count). The van der Waals surface area contributed by atoms with Crippen LogP contribution in [0.3, 0.4) is 0 Å². The molecule has 1 fully saturated rings. The summed E-state index contributed by atoms with van der Waals surface area (Å²) in [5.41, 5.74) is 3.13. The van der Waals surface area contributed by atoms with Crippen LogP contribution in [0.15, 0.2) is 47.0 Å². The van der Waals surface area contributed by atoms with Crippen molar-refractivity contribution in [2.75, 3.05) is 26.6 Å². The number of ether oxygens (including phenoxy) is 2. The number of anilines is 1. The lowest BCUT2D eigenvalue weighted by atomic mass is 9.94. The Bertz CT molecular complexity index is 1010. The van der Waals surface area contributed by atoms with Gasteiger partial charge in [-0.05, 0) is 43.7 Å². The van der Waals surface area contributed by atoms with E-state index in [2.05, 4.69) is 45.6 Å². The Hall–Kier alpha value is -3.06. The number of methoxy groups -OCH3 is 2. The van der Waals surface area contributed by atoms with Gasteiger partial charge in [-0.2, -0.15) is 4.98 Å². The van der Waals surface area contributed by atoms with Crippen molar-refractivity contribution < 1.29 is 14.0 Å². The third-order valence-electron chi connectivity index (χ3n) is 6.18. The van der Waals surface area contributed by atoms with Crippen molar-refractivity contribution in [3.8, 4) is 22.9 Å². The molecule has 32 heavy (non-hydrogen) atoms. The number of aromatic nitrogens is 2. The Morgan fingerprint density at radius 3 is 2.66 bits per heavy atom. The molecule has 0 radical (unpaired) electrons. The van der Waals surface area contributed by atoms with Crippen LogP contribution in [-0.2, 0) is 13.1 Å². The number of nitrogens with one attached hydrogen (secondary N) is 1. The maximum Gasteiger partial charge on any atom is 0.246 e. The summed E-state index contributed by atoms with van der Waals surface area (Å²) < 4.78 is 16.2. The predicted molar refractivity (Wildman–Crippen MR) is 125 cm³/mol. The highest BCUT2D eigenvalue weighted by Crippen LogP contribution is 2.31. The van der Waals surface area contributed by atoms with Gasteiger partial charge in [-0.1, -0.05) is 42.6 Å². The summed E-state index contributed by atoms with van der Waals surface area (Å²) in [5.74, 6) is 2.37. The fourth-order valence-electron chi connectivity index (χ4n) is 4.34. The second kappa shape index (κ2) is 10.5. The van der Waals surface area contributed by atoms with E-state index in [1.54, 1.807) is 14.2 Å². The highest BCUT2D eigenvalue weighted by molar-refractivity contribution is 5.65. The first-order chi connectivity index (χ1) is 15.7. The van der Waals surface area contributed by atoms with E-state index < -0.39 is 0 Å². The normalized spacial score (nSPS) is 14.5. The summed E-state index contributed by atoms with van der Waals surface area (Å²) in [6.45, 7) is 1.38. The van der Waals surface area contributed by atoms with E-state index in [1.165, 1.54) is 37.7 Å². The van der Waals surface area contributed by atoms with Crippen molar-refractivity contribution in [3.63, 3.8) is 0 Å². The van der Waals surface area contributed by atoms with Gasteiger partial charge in [0.15, 0.2) is 0 Å². The molecule has 1 aliphatic rings. The number of hydrogen-bond donors (Lipinski definition) is 1. The van der Waals surface area contributed by atoms with Crippen molar-refractivity contribution >= 4 is 5.69 Å². The molecule has 0 spiro atoms. The molecular weight excluding hydrogens is 404 g/mol. The van der Waals surface area contributed by atoms with Crippen molar-refractivity contribution in [2.24, 2.45) is 0 Å². The molecule has 1 aliphatic carbocycles. The molecule has 0 amide bonds. The third-order valence-corrected chi connectivity index (χ3v) is 6.18. The first kappa shape index (κ1) is 22.1. The van der Waals surface area contributed by atoms with Gasteiger partial charge < -0.3 is 19.3 Å². The molecule has 2 aromatic carbocycles. The molecule has 7 nitrogen and oxygen atoms in total. The van der Waals surface area contributed by atoms with Crippen LogP contribution in [0.1, 0.15) is 43.6 Å². The molecule has 3 aromatic rings. The van der Waals surface area contributed by atoms with Gasteiger partial charge in [0, 0.05) is 24.3 Å². The van der Waals surface area contributed by atoms with Crippen molar-refractivity contribution in [2.45, 2.75) is 51.2 Å². The van der Waals surface area contributed by atoms with Gasteiger partial charge >= 0.3 is 0 Å². The summed E-state index contributed by atoms with van der Waals surface area (Å²) in [7, 11) is 5.47. The Kier molecular flexibility index (Phi) is 7.27. The first-order valence-corrected chi connectivity index (χ1v) is 11.2. The van der Waals surface area contributed by atoms with Crippen LogP contribution in [0.2, 0.25) is 0 Å². The molecule has 1 saturated carbocycles. The zero-order valence-corrected chi connectivity index (χ0v) is 19.1. The van der Waals surface area contributed by atoms with E-state index in [4.69, 9.17) is 14.0 Å². The Morgan fingerprint density at radius 1 is 1.06 bits per heavy atom. The summed E-state index contributed by atoms with van der Waals surface area (Å²) in [4.78, 5) is 7.04. The Morgan fingerprint density at radius 2 is 1.88 bits per heavy atom. The van der Waals surface area contributed by atoms with E-state index >= 15 is 0 Å². The van der Waals surface area contributed by atoms with E-state index in [-0.39, 0.29) is 0 Å². The van der Waals surface area contributed by atoms with Crippen molar-refractivity contribution in [3.05, 3.63) is 53.9 Å². The first-order valence-electron chi connectivity index (χ1n) is 11.2. The SMILES string of the molecule is COc1ccc(-c2noc(CNc3ccccc3CN(C)C3CCCCC3)n2)c(OC)c1. The van der Waals surface area contributed by atoms with Crippen LogP contribution in [0.4, 0.5) is 5.69 Å². The van der Waals surface area contributed by atoms with Gasteiger partial charge in [-0.25, -0.2) is 0 Å². The van der Waals surface area contributed by atoms with E-state index in [1.807, 2.05) is 24.3 Å². The number of nitrogens with zero attached hydrogens (tertiary/aromatic N) is 3. The lowest BCUT2D eigenvalue weighted by Gasteiger charge is -2.31. The molecule has 0 aliphatic heterocycles. The summed E-state index contributed by atoms with van der Waals surface area (Å²) >= 11 is 0. The molecule has 1 N–H and O–H groups in total. The summed E-state index contributed by atoms with van der Waals surface area (Å²) in [6, 6.07) is 14.6. The standard InChI is InChI=1S/C25H32N4O3/c1-29(19-10-5-4-6-11-19)17-18-9-7-8-12-22(18)26-16-24-27-25(28-32-24)21-14-13-20(30-2)15-23(21)31-3/h7-9,12-15,19,26H,4-6,10-11,16-17H2,1-3H3. The highest BCUT2D eigenvalue weighted by Gasteiger charge is 2.19. The van der Waals surface area contributed by atoms with Gasteiger partial charge in [0.05, 0.1) is 26.3 Å². The molecule has 1 aromatic heterocycles. The maximum atomic E-state index is 5.49. The van der Waals surface area contributed by atoms with Crippen molar-refractivity contribution in [1.29, 1.82) is 0 Å². The molecule has 0 unspecified atom stereocenters. The van der Waals surface area contributed by atoms with Gasteiger partial charge in [-0.3, -0.25) is 4.90 Å². The van der Waals surface area contributed by atoms with Gasteiger partial charge in [0.2, 0.25) is 11.7 Å². The fourth-order valence-corrected chi connectivity index (χ4v) is 4.34. The topological polar surface area (TPSA) is 72.7 Å². The minimum Gasteiger partial charge on any atom is -0.497 e. The average molecular weight is 437 g/mol. The zero-order chi connectivity index (χ0) is 22.3. The Balaban J connectivity index is 1.42. The van der Waals surface area contributed by atoms with Crippen LogP contribution < -0.4 is 14.8 Å². The molecule has 0 atom stereocenters. The second-order valence-corrected chi connectivity index (χ2v) is 8.30. The van der Waals surface area contributed by atoms with Gasteiger partial charge in [-0.15, -0.1) is 0 Å². The second-order valence-electron chi connectivity index (χ2n) is 8.30. The number of para-hydroxylation sites is 1. The molecule has 7 heteroatoms. The monoisotopic (exact) mass is 436 g/mol. The van der Waals surface area contributed by atoms with Gasteiger partial charge in [0.25, 0.3) is 0 Å². The number of hydrogen-bond acceptors (Lipinski definition) is 7. The smallest absolute Gasteiger partial charge is 0.246 e. The molecule has 0 saturated heterocycles.